The van der Waals surface area contributed by atoms with Crippen LogP contribution in [-0.2, 0) is 4.74 Å². The highest BCUT2D eigenvalue weighted by Crippen LogP contribution is 2.34. The van der Waals surface area contributed by atoms with Crippen molar-refractivity contribution in [2.24, 2.45) is 0 Å². The van der Waals surface area contributed by atoms with Gasteiger partial charge in [-0.3, -0.25) is 10.1 Å². The number of nitrogens with zero attached hydrogens (tertiary/aromatic N) is 4. The van der Waals surface area contributed by atoms with Crippen LogP contribution in [-0.4, -0.2) is 39.5 Å². The molecule has 0 spiro atoms. The van der Waals surface area contributed by atoms with Gasteiger partial charge in [0.05, 0.1) is 41.4 Å². The van der Waals surface area contributed by atoms with Crippen LogP contribution < -0.4 is 4.74 Å². The SMILES string of the molecule is N#Cc1ccc(-c2cc(-c3n[nH]c4ccnc(OC5CCOCC5)c34)ccn2)cc1. The Morgan fingerprint density at radius 3 is 2.60 bits per heavy atom. The molecule has 1 aliphatic rings. The third-order valence-electron chi connectivity index (χ3n) is 5.23. The Morgan fingerprint density at radius 2 is 1.80 bits per heavy atom. The lowest BCUT2D eigenvalue weighted by molar-refractivity contribution is 0.0244. The maximum Gasteiger partial charge on any atom is 0.225 e. The zero-order valence-corrected chi connectivity index (χ0v) is 16.2. The van der Waals surface area contributed by atoms with Crippen molar-refractivity contribution in [1.29, 1.82) is 5.26 Å². The molecule has 0 unspecified atom stereocenters. The van der Waals surface area contributed by atoms with Crippen LogP contribution in [0.3, 0.4) is 0 Å². The van der Waals surface area contributed by atoms with E-state index >= 15 is 0 Å². The molecule has 0 aliphatic carbocycles. The predicted octanol–water partition coefficient (Wildman–Crippen LogP) is 4.12. The minimum Gasteiger partial charge on any atom is -0.474 e. The molecule has 1 fully saturated rings. The summed E-state index contributed by atoms with van der Waals surface area (Å²) in [6.45, 7) is 1.41. The standard InChI is InChI=1S/C23H19N5O2/c24-14-15-1-3-16(4-2-15)20-13-17(5-9-25-20)22-21-19(27-28-22)6-10-26-23(21)30-18-7-11-29-12-8-18/h1-6,9-10,13,18H,7-8,11-12H2,(H,27,28). The molecule has 30 heavy (non-hydrogen) atoms. The molecule has 0 bridgehead atoms. The van der Waals surface area contributed by atoms with E-state index in [1.807, 2.05) is 30.3 Å². The average molecular weight is 397 g/mol. The molecule has 0 radical (unpaired) electrons. The molecule has 4 aromatic rings. The summed E-state index contributed by atoms with van der Waals surface area (Å²) >= 11 is 0. The maximum atomic E-state index is 9.01. The van der Waals surface area contributed by atoms with Gasteiger partial charge in [-0.15, -0.1) is 0 Å². The summed E-state index contributed by atoms with van der Waals surface area (Å²) in [5.41, 5.74) is 4.93. The summed E-state index contributed by atoms with van der Waals surface area (Å²) in [6.07, 6.45) is 5.28. The van der Waals surface area contributed by atoms with Crippen LogP contribution in [0.2, 0.25) is 0 Å². The van der Waals surface area contributed by atoms with Crippen molar-refractivity contribution in [3.63, 3.8) is 0 Å². The molecule has 0 saturated carbocycles. The van der Waals surface area contributed by atoms with Crippen molar-refractivity contribution in [1.82, 2.24) is 20.2 Å². The summed E-state index contributed by atoms with van der Waals surface area (Å²) in [5, 5.41) is 17.5. The largest absolute Gasteiger partial charge is 0.474 e. The van der Waals surface area contributed by atoms with Gasteiger partial charge in [0, 0.05) is 36.4 Å². The number of nitriles is 1. The van der Waals surface area contributed by atoms with E-state index in [1.165, 1.54) is 0 Å². The number of fused-ring (bicyclic) bond motifs is 1. The lowest BCUT2D eigenvalue weighted by atomic mass is 10.0. The molecular formula is C23H19N5O2. The Hall–Kier alpha value is -3.76. The van der Waals surface area contributed by atoms with Gasteiger partial charge >= 0.3 is 0 Å². The Morgan fingerprint density at radius 1 is 1.00 bits per heavy atom. The molecule has 4 heterocycles. The van der Waals surface area contributed by atoms with E-state index in [4.69, 9.17) is 14.7 Å². The van der Waals surface area contributed by atoms with Crippen LogP contribution in [0, 0.1) is 11.3 Å². The first-order chi connectivity index (χ1) is 14.8. The molecule has 1 aromatic carbocycles. The number of aromatic nitrogens is 4. The van der Waals surface area contributed by atoms with Crippen LogP contribution in [0.1, 0.15) is 18.4 Å². The van der Waals surface area contributed by atoms with E-state index in [-0.39, 0.29) is 6.10 Å². The Labute approximate surface area is 173 Å². The van der Waals surface area contributed by atoms with Crippen molar-refractivity contribution in [3.8, 4) is 34.5 Å². The number of hydrogen-bond donors (Lipinski definition) is 1. The smallest absolute Gasteiger partial charge is 0.225 e. The predicted molar refractivity (Wildman–Crippen MR) is 112 cm³/mol. The monoisotopic (exact) mass is 397 g/mol. The molecule has 7 nitrogen and oxygen atoms in total. The van der Waals surface area contributed by atoms with Crippen LogP contribution in [0.25, 0.3) is 33.4 Å². The number of hydrogen-bond acceptors (Lipinski definition) is 6. The number of rotatable bonds is 4. The number of pyridine rings is 2. The number of H-pyrrole nitrogens is 1. The highest BCUT2D eigenvalue weighted by atomic mass is 16.5. The van der Waals surface area contributed by atoms with Gasteiger partial charge in [-0.05, 0) is 30.3 Å². The lowest BCUT2D eigenvalue weighted by Gasteiger charge is -2.23. The fourth-order valence-electron chi connectivity index (χ4n) is 3.64. The molecule has 1 N–H and O–H groups in total. The Kier molecular flexibility index (Phi) is 4.83. The molecular weight excluding hydrogens is 378 g/mol. The van der Waals surface area contributed by atoms with Crippen molar-refractivity contribution in [2.45, 2.75) is 18.9 Å². The van der Waals surface area contributed by atoms with Crippen molar-refractivity contribution in [3.05, 3.63) is 60.4 Å². The van der Waals surface area contributed by atoms with Crippen molar-refractivity contribution < 1.29 is 9.47 Å². The first-order valence-electron chi connectivity index (χ1n) is 9.86. The number of nitrogens with one attached hydrogen (secondary N) is 1. The maximum absolute atomic E-state index is 9.01. The molecule has 0 atom stereocenters. The minimum absolute atomic E-state index is 0.0891. The first kappa shape index (κ1) is 18.3. The van der Waals surface area contributed by atoms with Crippen LogP contribution in [0.5, 0.6) is 5.88 Å². The summed E-state index contributed by atoms with van der Waals surface area (Å²) in [6, 6.07) is 15.3. The zero-order chi connectivity index (χ0) is 20.3. The van der Waals surface area contributed by atoms with Gasteiger partial charge < -0.3 is 9.47 Å². The zero-order valence-electron chi connectivity index (χ0n) is 16.2. The third kappa shape index (κ3) is 3.49. The summed E-state index contributed by atoms with van der Waals surface area (Å²) in [4.78, 5) is 8.98. The molecule has 1 aliphatic heterocycles. The van der Waals surface area contributed by atoms with E-state index in [2.05, 4.69) is 26.2 Å². The van der Waals surface area contributed by atoms with E-state index in [1.54, 1.807) is 24.5 Å². The van der Waals surface area contributed by atoms with Gasteiger partial charge in [0.15, 0.2) is 0 Å². The minimum atomic E-state index is 0.0891. The Balaban J connectivity index is 1.54. The molecule has 3 aromatic heterocycles. The second kappa shape index (κ2) is 7.93. The highest BCUT2D eigenvalue weighted by Gasteiger charge is 2.20. The first-order valence-corrected chi connectivity index (χ1v) is 9.86. The van der Waals surface area contributed by atoms with Gasteiger partial charge in [-0.2, -0.15) is 10.4 Å². The molecule has 5 rings (SSSR count). The van der Waals surface area contributed by atoms with Gasteiger partial charge in [-0.25, -0.2) is 4.98 Å². The topological polar surface area (TPSA) is 96.7 Å². The summed E-state index contributed by atoms with van der Waals surface area (Å²) < 4.78 is 11.7. The second-order valence-electron chi connectivity index (χ2n) is 7.16. The molecule has 7 heteroatoms. The third-order valence-corrected chi connectivity index (χ3v) is 5.23. The lowest BCUT2D eigenvalue weighted by Crippen LogP contribution is -2.26. The molecule has 148 valence electrons. The summed E-state index contributed by atoms with van der Waals surface area (Å²) in [5.74, 6) is 0.583. The van der Waals surface area contributed by atoms with Crippen molar-refractivity contribution >= 4 is 10.9 Å². The van der Waals surface area contributed by atoms with Crippen LogP contribution in [0.4, 0.5) is 0 Å². The van der Waals surface area contributed by atoms with E-state index in [0.717, 1.165) is 46.3 Å². The van der Waals surface area contributed by atoms with Gasteiger partial charge in [0.2, 0.25) is 5.88 Å². The highest BCUT2D eigenvalue weighted by molar-refractivity contribution is 5.96. The van der Waals surface area contributed by atoms with E-state index in [0.29, 0.717) is 24.7 Å². The van der Waals surface area contributed by atoms with Crippen LogP contribution in [0.15, 0.2) is 54.9 Å². The second-order valence-corrected chi connectivity index (χ2v) is 7.16. The van der Waals surface area contributed by atoms with Gasteiger partial charge in [0.1, 0.15) is 11.8 Å². The van der Waals surface area contributed by atoms with Gasteiger partial charge in [-0.1, -0.05) is 12.1 Å². The normalized spacial score (nSPS) is 14.5. The van der Waals surface area contributed by atoms with E-state index < -0.39 is 0 Å². The fraction of sp³-hybridized carbons (Fsp3) is 0.217. The quantitative estimate of drug-likeness (QED) is 0.556. The summed E-state index contributed by atoms with van der Waals surface area (Å²) in [7, 11) is 0. The average Bonchev–Trinajstić information content (AvgIpc) is 3.25. The number of ether oxygens (including phenoxy) is 2. The fourth-order valence-corrected chi connectivity index (χ4v) is 3.64. The van der Waals surface area contributed by atoms with E-state index in [9.17, 15) is 0 Å². The van der Waals surface area contributed by atoms with Crippen LogP contribution >= 0.6 is 0 Å². The van der Waals surface area contributed by atoms with Crippen molar-refractivity contribution in [2.75, 3.05) is 13.2 Å². The van der Waals surface area contributed by atoms with Gasteiger partial charge in [0.25, 0.3) is 0 Å². The molecule has 0 amide bonds. The number of benzene rings is 1. The Bertz CT molecular complexity index is 1220. The number of aromatic amines is 1. The molecule has 1 saturated heterocycles.